The van der Waals surface area contributed by atoms with Gasteiger partial charge in [0, 0.05) is 0 Å². The molecule has 0 aliphatic heterocycles. The Kier molecular flexibility index (Phi) is 3.19. The summed E-state index contributed by atoms with van der Waals surface area (Å²) in [6.07, 6.45) is -0.560. The molecule has 0 fully saturated rings. The number of hydrogen-bond acceptors (Lipinski definition) is 3. The summed E-state index contributed by atoms with van der Waals surface area (Å²) >= 11 is 0. The summed E-state index contributed by atoms with van der Waals surface area (Å²) in [4.78, 5) is 10.0. The second kappa shape index (κ2) is 3.42. The predicted molar refractivity (Wildman–Crippen MR) is 31.9 cm³/mol. The van der Waals surface area contributed by atoms with E-state index in [2.05, 4.69) is 0 Å². The summed E-state index contributed by atoms with van der Waals surface area (Å²) in [6.45, 7) is 1.67. The topological polar surface area (TPSA) is 83.5 Å². The minimum Gasteiger partial charge on any atom is -0.480 e. The largest absolute Gasteiger partial charge is 0.480 e. The lowest BCUT2D eigenvalue weighted by Gasteiger charge is -2.10. The van der Waals surface area contributed by atoms with Gasteiger partial charge in [-0.3, -0.25) is 4.79 Å². The van der Waals surface area contributed by atoms with Crippen LogP contribution in [0.5, 0.6) is 0 Å². The third kappa shape index (κ3) is 2.43. The zero-order chi connectivity index (χ0) is 7.44. The molecular weight excluding hydrogens is 122 g/mol. The van der Waals surface area contributed by atoms with Gasteiger partial charge in [0.15, 0.2) is 0 Å². The monoisotopic (exact) mass is 133 g/mol. The highest BCUT2D eigenvalue weighted by Crippen LogP contribution is 1.94. The Balaban J connectivity index is 3.72. The molecule has 2 atom stereocenters. The van der Waals surface area contributed by atoms with E-state index in [1.54, 1.807) is 6.92 Å². The van der Waals surface area contributed by atoms with Gasteiger partial charge in [0.05, 0.1) is 6.10 Å². The molecule has 0 spiro atoms. The van der Waals surface area contributed by atoms with E-state index >= 15 is 0 Å². The highest BCUT2D eigenvalue weighted by Gasteiger charge is 2.19. The summed E-state index contributed by atoms with van der Waals surface area (Å²) in [5.41, 5.74) is 5.02. The van der Waals surface area contributed by atoms with Gasteiger partial charge in [0.25, 0.3) is 0 Å². The zero-order valence-corrected chi connectivity index (χ0v) is 5.24. The number of aliphatic hydroxyl groups is 1. The second-order valence-corrected chi connectivity index (χ2v) is 1.84. The van der Waals surface area contributed by atoms with Gasteiger partial charge in [0.2, 0.25) is 0 Å². The van der Waals surface area contributed by atoms with Crippen molar-refractivity contribution in [3.63, 3.8) is 0 Å². The minimum absolute atomic E-state index is 0.369. The quantitative estimate of drug-likeness (QED) is 0.469. The van der Waals surface area contributed by atoms with Crippen LogP contribution in [-0.4, -0.2) is 28.3 Å². The van der Waals surface area contributed by atoms with Crippen molar-refractivity contribution in [2.24, 2.45) is 5.73 Å². The van der Waals surface area contributed by atoms with Crippen molar-refractivity contribution in [1.82, 2.24) is 0 Å². The Hall–Kier alpha value is -0.610. The minimum atomic E-state index is -1.16. The number of carbonyl (C=O) groups is 1. The highest BCUT2D eigenvalue weighted by atomic mass is 16.4. The average Bonchev–Trinajstić information content (AvgIpc) is 1.84. The number of hydrogen-bond donors (Lipinski definition) is 3. The van der Waals surface area contributed by atoms with Crippen LogP contribution in [0.25, 0.3) is 0 Å². The Morgan fingerprint density at radius 3 is 2.33 bits per heavy atom. The Morgan fingerprint density at radius 2 is 2.22 bits per heavy atom. The molecule has 0 heterocycles. The number of aliphatic carboxylic acids is 1. The molecule has 54 valence electrons. The fraction of sp³-hybridized carbons (Fsp3) is 0.800. The maximum absolute atomic E-state index is 10.0. The van der Waals surface area contributed by atoms with E-state index in [0.29, 0.717) is 6.42 Å². The number of carboxylic acid groups (broad SMARTS) is 1. The molecule has 0 aromatic heterocycles. The van der Waals surface area contributed by atoms with Crippen LogP contribution in [0.1, 0.15) is 13.3 Å². The van der Waals surface area contributed by atoms with Crippen LogP contribution in [-0.2, 0) is 4.79 Å². The van der Waals surface area contributed by atoms with Crippen LogP contribution in [0.4, 0.5) is 0 Å². The molecule has 0 amide bonds. The predicted octanol–water partition coefficient (Wildman–Crippen LogP) is -0.831. The fourth-order valence-corrected chi connectivity index (χ4v) is 0.419. The van der Waals surface area contributed by atoms with Crippen molar-refractivity contribution in [3.8, 4) is 0 Å². The van der Waals surface area contributed by atoms with Crippen LogP contribution < -0.4 is 5.73 Å². The lowest BCUT2D eigenvalue weighted by Crippen LogP contribution is -2.41. The molecule has 0 rings (SSSR count). The Labute approximate surface area is 53.3 Å². The molecule has 0 aliphatic rings. The van der Waals surface area contributed by atoms with E-state index in [-0.39, 0.29) is 0 Å². The summed E-state index contributed by atoms with van der Waals surface area (Å²) in [6, 6.07) is -1.14. The third-order valence-corrected chi connectivity index (χ3v) is 1.12. The molecule has 4 heteroatoms. The molecule has 1 unspecified atom stereocenters. The summed E-state index contributed by atoms with van der Waals surface area (Å²) in [7, 11) is 0. The van der Waals surface area contributed by atoms with Crippen LogP contribution >= 0.6 is 0 Å². The van der Waals surface area contributed by atoms with Gasteiger partial charge in [0.1, 0.15) is 6.04 Å². The SMILES string of the molecule is CC[C@@H](O)C(N)C(=O)O. The smallest absolute Gasteiger partial charge is 0.323 e. The van der Waals surface area contributed by atoms with Crippen molar-refractivity contribution < 1.29 is 15.0 Å². The summed E-state index contributed by atoms with van der Waals surface area (Å²) in [5, 5.41) is 17.0. The van der Waals surface area contributed by atoms with E-state index in [1.807, 2.05) is 0 Å². The Morgan fingerprint density at radius 1 is 1.78 bits per heavy atom. The van der Waals surface area contributed by atoms with Gasteiger partial charge >= 0.3 is 5.97 Å². The molecule has 9 heavy (non-hydrogen) atoms. The van der Waals surface area contributed by atoms with Gasteiger partial charge in [-0.25, -0.2) is 0 Å². The fourth-order valence-electron chi connectivity index (χ4n) is 0.419. The first-order valence-corrected chi connectivity index (χ1v) is 2.76. The van der Waals surface area contributed by atoms with E-state index in [4.69, 9.17) is 15.9 Å². The molecule has 0 saturated heterocycles. The molecule has 4 N–H and O–H groups in total. The van der Waals surface area contributed by atoms with E-state index in [9.17, 15) is 4.79 Å². The van der Waals surface area contributed by atoms with Crippen LogP contribution in [0.2, 0.25) is 0 Å². The van der Waals surface area contributed by atoms with Gasteiger partial charge in [-0.05, 0) is 6.42 Å². The number of rotatable bonds is 3. The first kappa shape index (κ1) is 8.39. The maximum Gasteiger partial charge on any atom is 0.323 e. The summed E-state index contributed by atoms with van der Waals surface area (Å²) < 4.78 is 0. The second-order valence-electron chi connectivity index (χ2n) is 1.84. The Bertz CT molecular complexity index is 104. The average molecular weight is 133 g/mol. The van der Waals surface area contributed by atoms with Crippen molar-refractivity contribution in [1.29, 1.82) is 0 Å². The first-order chi connectivity index (χ1) is 4.09. The normalized spacial score (nSPS) is 16.8. The van der Waals surface area contributed by atoms with Crippen LogP contribution in [0.3, 0.4) is 0 Å². The van der Waals surface area contributed by atoms with E-state index in [0.717, 1.165) is 0 Å². The van der Waals surface area contributed by atoms with Gasteiger partial charge < -0.3 is 15.9 Å². The first-order valence-electron chi connectivity index (χ1n) is 2.76. The molecule has 0 radical (unpaired) electrons. The highest BCUT2D eigenvalue weighted by molar-refractivity contribution is 5.73. The lowest BCUT2D eigenvalue weighted by atomic mass is 10.1. The number of aliphatic hydroxyl groups excluding tert-OH is 1. The van der Waals surface area contributed by atoms with Crippen molar-refractivity contribution in [2.75, 3.05) is 0 Å². The van der Waals surface area contributed by atoms with Crippen molar-refractivity contribution in [3.05, 3.63) is 0 Å². The zero-order valence-electron chi connectivity index (χ0n) is 5.24. The van der Waals surface area contributed by atoms with Crippen LogP contribution in [0.15, 0.2) is 0 Å². The van der Waals surface area contributed by atoms with E-state index < -0.39 is 18.1 Å². The number of carboxylic acids is 1. The lowest BCUT2D eigenvalue weighted by molar-refractivity contribution is -0.141. The van der Waals surface area contributed by atoms with Gasteiger partial charge in [-0.2, -0.15) is 0 Å². The summed E-state index contributed by atoms with van der Waals surface area (Å²) in [5.74, 6) is -1.16. The molecule has 0 aromatic carbocycles. The molecule has 0 bridgehead atoms. The van der Waals surface area contributed by atoms with E-state index in [1.165, 1.54) is 0 Å². The van der Waals surface area contributed by atoms with Crippen LogP contribution in [0, 0.1) is 0 Å². The molecule has 4 nitrogen and oxygen atoms in total. The van der Waals surface area contributed by atoms with Crippen molar-refractivity contribution >= 4 is 5.97 Å². The third-order valence-electron chi connectivity index (χ3n) is 1.12. The molecule has 0 saturated carbocycles. The van der Waals surface area contributed by atoms with Gasteiger partial charge in [-0.1, -0.05) is 6.92 Å². The molecule has 0 aromatic rings. The standard InChI is InChI=1S/C5H11NO3/c1-2-3(7)4(6)5(8)9/h3-4,7H,2,6H2,1H3,(H,8,9)/t3-,4?/m1/s1. The molecular formula is C5H11NO3. The van der Waals surface area contributed by atoms with Gasteiger partial charge in [-0.15, -0.1) is 0 Å². The van der Waals surface area contributed by atoms with Crippen molar-refractivity contribution in [2.45, 2.75) is 25.5 Å². The molecule has 0 aliphatic carbocycles. The maximum atomic E-state index is 10.0. The number of nitrogens with two attached hydrogens (primary N) is 1.